The predicted octanol–water partition coefficient (Wildman–Crippen LogP) is 2.04. The molecular weight excluding hydrogens is 334 g/mol. The van der Waals surface area contributed by atoms with Gasteiger partial charge in [-0.25, -0.2) is 9.78 Å². The summed E-state index contributed by atoms with van der Waals surface area (Å²) in [4.78, 5) is 28.1. The molecule has 1 aliphatic carbocycles. The van der Waals surface area contributed by atoms with Crippen molar-refractivity contribution in [2.75, 3.05) is 6.54 Å². The van der Waals surface area contributed by atoms with Crippen LogP contribution in [0, 0.1) is 0 Å². The van der Waals surface area contributed by atoms with Gasteiger partial charge in [0.25, 0.3) is 0 Å². The summed E-state index contributed by atoms with van der Waals surface area (Å²) in [6.07, 6.45) is 5.71. The molecule has 140 valence electrons. The highest BCUT2D eigenvalue weighted by molar-refractivity contribution is 5.82. The fraction of sp³-hybridized carbons (Fsp3) is 0.526. The highest BCUT2D eigenvalue weighted by Crippen LogP contribution is 2.33. The van der Waals surface area contributed by atoms with Crippen LogP contribution in [0.3, 0.4) is 0 Å². The van der Waals surface area contributed by atoms with E-state index in [1.54, 1.807) is 0 Å². The normalized spacial score (nSPS) is 17.8. The van der Waals surface area contributed by atoms with Gasteiger partial charge in [0, 0.05) is 5.92 Å². The number of imidazole rings is 1. The van der Waals surface area contributed by atoms with Crippen LogP contribution in [0.1, 0.15) is 50.8 Å². The van der Waals surface area contributed by atoms with Gasteiger partial charge in [0.1, 0.15) is 12.4 Å². The molecule has 0 spiro atoms. The summed E-state index contributed by atoms with van der Waals surface area (Å²) in [6.45, 7) is 0.879. The molecule has 1 saturated carbocycles. The number of carbonyl (C=O) groups excluding carboxylic acids is 1. The van der Waals surface area contributed by atoms with Gasteiger partial charge in [0.2, 0.25) is 5.91 Å². The molecule has 0 radical (unpaired) electrons. The SMILES string of the molecule is CC(O)(CNC(=O)Cn1c(C2CCCCC2)nc2ccccc21)C(=O)O. The number of para-hydroxylation sites is 2. The molecule has 3 rings (SSSR count). The molecule has 1 fully saturated rings. The van der Waals surface area contributed by atoms with Gasteiger partial charge in [-0.05, 0) is 31.9 Å². The molecule has 7 nitrogen and oxygen atoms in total. The number of fused-ring (bicyclic) bond motifs is 1. The van der Waals surface area contributed by atoms with Crippen LogP contribution in [0.2, 0.25) is 0 Å². The van der Waals surface area contributed by atoms with Gasteiger partial charge in [0.05, 0.1) is 17.6 Å². The van der Waals surface area contributed by atoms with Gasteiger partial charge >= 0.3 is 5.97 Å². The maximum absolute atomic E-state index is 12.4. The monoisotopic (exact) mass is 359 g/mol. The van der Waals surface area contributed by atoms with Gasteiger partial charge in [-0.2, -0.15) is 0 Å². The molecule has 1 amide bonds. The fourth-order valence-electron chi connectivity index (χ4n) is 3.48. The Balaban J connectivity index is 1.81. The van der Waals surface area contributed by atoms with Gasteiger partial charge < -0.3 is 20.1 Å². The first-order valence-corrected chi connectivity index (χ1v) is 9.06. The Morgan fingerprint density at radius 2 is 1.96 bits per heavy atom. The van der Waals surface area contributed by atoms with E-state index in [9.17, 15) is 14.7 Å². The molecule has 26 heavy (non-hydrogen) atoms. The number of rotatable bonds is 6. The van der Waals surface area contributed by atoms with Crippen LogP contribution in [0.5, 0.6) is 0 Å². The molecule has 1 aliphatic rings. The zero-order valence-electron chi connectivity index (χ0n) is 14.9. The van der Waals surface area contributed by atoms with Crippen molar-refractivity contribution in [2.45, 2.75) is 57.1 Å². The predicted molar refractivity (Wildman–Crippen MR) is 96.8 cm³/mol. The average molecular weight is 359 g/mol. The second kappa shape index (κ2) is 7.45. The van der Waals surface area contributed by atoms with Crippen molar-refractivity contribution in [1.29, 1.82) is 0 Å². The molecule has 1 aromatic carbocycles. The number of nitrogens with one attached hydrogen (secondary N) is 1. The number of nitrogens with zero attached hydrogens (tertiary/aromatic N) is 2. The fourth-order valence-corrected chi connectivity index (χ4v) is 3.48. The molecule has 0 bridgehead atoms. The molecule has 1 heterocycles. The Morgan fingerprint density at radius 3 is 2.65 bits per heavy atom. The Labute approximate surface area is 152 Å². The third-order valence-corrected chi connectivity index (χ3v) is 5.05. The van der Waals surface area contributed by atoms with Crippen LogP contribution in [0.4, 0.5) is 0 Å². The molecule has 1 atom stereocenters. The van der Waals surface area contributed by atoms with E-state index in [0.717, 1.165) is 36.6 Å². The number of benzene rings is 1. The number of aromatic nitrogens is 2. The zero-order chi connectivity index (χ0) is 18.7. The first-order chi connectivity index (χ1) is 12.4. The van der Waals surface area contributed by atoms with Crippen molar-refractivity contribution in [3.63, 3.8) is 0 Å². The lowest BCUT2D eigenvalue weighted by molar-refractivity contribution is -0.156. The number of aliphatic carboxylic acids is 1. The third kappa shape index (κ3) is 3.88. The van der Waals surface area contributed by atoms with E-state index >= 15 is 0 Å². The first-order valence-electron chi connectivity index (χ1n) is 9.06. The quantitative estimate of drug-likeness (QED) is 0.732. The topological polar surface area (TPSA) is 104 Å². The van der Waals surface area contributed by atoms with E-state index in [-0.39, 0.29) is 19.0 Å². The molecule has 0 saturated heterocycles. The lowest BCUT2D eigenvalue weighted by atomic mass is 9.88. The minimum absolute atomic E-state index is 0.0576. The minimum Gasteiger partial charge on any atom is -0.479 e. The first kappa shape index (κ1) is 18.4. The van der Waals surface area contributed by atoms with Crippen LogP contribution in [0.25, 0.3) is 11.0 Å². The highest BCUT2D eigenvalue weighted by atomic mass is 16.4. The number of hydrogen-bond acceptors (Lipinski definition) is 4. The highest BCUT2D eigenvalue weighted by Gasteiger charge is 2.30. The van der Waals surface area contributed by atoms with Crippen molar-refractivity contribution in [3.05, 3.63) is 30.1 Å². The van der Waals surface area contributed by atoms with Crippen LogP contribution in [-0.4, -0.2) is 43.8 Å². The molecule has 0 aliphatic heterocycles. The Bertz CT molecular complexity index is 806. The van der Waals surface area contributed by atoms with E-state index in [1.165, 1.54) is 19.3 Å². The van der Waals surface area contributed by atoms with Crippen LogP contribution in [0.15, 0.2) is 24.3 Å². The molecular formula is C19H25N3O4. The lowest BCUT2D eigenvalue weighted by Crippen LogP contribution is -2.47. The summed E-state index contributed by atoms with van der Waals surface area (Å²) in [5.41, 5.74) is -0.231. The summed E-state index contributed by atoms with van der Waals surface area (Å²) < 4.78 is 1.93. The molecule has 1 unspecified atom stereocenters. The summed E-state index contributed by atoms with van der Waals surface area (Å²) in [5.74, 6) is -0.447. The van der Waals surface area contributed by atoms with Crippen molar-refractivity contribution in [2.24, 2.45) is 0 Å². The van der Waals surface area contributed by atoms with E-state index in [4.69, 9.17) is 10.1 Å². The number of carboxylic acids is 1. The van der Waals surface area contributed by atoms with Crippen LogP contribution >= 0.6 is 0 Å². The molecule has 2 aromatic rings. The maximum Gasteiger partial charge on any atom is 0.337 e. The smallest absolute Gasteiger partial charge is 0.337 e. The van der Waals surface area contributed by atoms with Crippen molar-refractivity contribution in [1.82, 2.24) is 14.9 Å². The average Bonchev–Trinajstić information content (AvgIpc) is 2.99. The largest absolute Gasteiger partial charge is 0.479 e. The molecule has 3 N–H and O–H groups in total. The second-order valence-corrected chi connectivity index (χ2v) is 7.24. The van der Waals surface area contributed by atoms with Gasteiger partial charge in [-0.15, -0.1) is 0 Å². The van der Waals surface area contributed by atoms with Crippen LogP contribution in [-0.2, 0) is 16.1 Å². The number of carboxylic acid groups (broad SMARTS) is 1. The van der Waals surface area contributed by atoms with Gasteiger partial charge in [-0.3, -0.25) is 4.79 Å². The van der Waals surface area contributed by atoms with Crippen molar-refractivity contribution in [3.8, 4) is 0 Å². The molecule has 1 aromatic heterocycles. The number of hydrogen-bond donors (Lipinski definition) is 3. The lowest BCUT2D eigenvalue weighted by Gasteiger charge is -2.23. The van der Waals surface area contributed by atoms with Gasteiger partial charge in [0.15, 0.2) is 5.60 Å². The maximum atomic E-state index is 12.4. The Kier molecular flexibility index (Phi) is 5.27. The van der Waals surface area contributed by atoms with E-state index < -0.39 is 11.6 Å². The van der Waals surface area contributed by atoms with Crippen molar-refractivity contribution < 1.29 is 19.8 Å². The molecule has 7 heteroatoms. The minimum atomic E-state index is -1.99. The van der Waals surface area contributed by atoms with Crippen LogP contribution < -0.4 is 5.32 Å². The van der Waals surface area contributed by atoms with E-state index in [0.29, 0.717) is 5.92 Å². The van der Waals surface area contributed by atoms with Gasteiger partial charge in [-0.1, -0.05) is 31.4 Å². The second-order valence-electron chi connectivity index (χ2n) is 7.24. The summed E-state index contributed by atoms with van der Waals surface area (Å²) in [5, 5.41) is 21.2. The number of aliphatic hydroxyl groups is 1. The standard InChI is InChI=1S/C19H25N3O4/c1-19(26,18(24)25)12-20-16(23)11-22-15-10-6-5-9-14(15)21-17(22)13-7-3-2-4-8-13/h5-6,9-10,13,26H,2-4,7-8,11-12H2,1H3,(H,20,23)(H,24,25). The summed E-state index contributed by atoms with van der Waals surface area (Å²) in [7, 11) is 0. The Hall–Kier alpha value is -2.41. The Morgan fingerprint density at radius 1 is 1.27 bits per heavy atom. The summed E-state index contributed by atoms with van der Waals surface area (Å²) >= 11 is 0. The zero-order valence-corrected chi connectivity index (χ0v) is 14.9. The van der Waals surface area contributed by atoms with E-state index in [1.807, 2.05) is 28.8 Å². The third-order valence-electron chi connectivity index (χ3n) is 5.05. The number of amides is 1. The number of carbonyl (C=O) groups is 2. The van der Waals surface area contributed by atoms with Crippen molar-refractivity contribution >= 4 is 22.9 Å². The summed E-state index contributed by atoms with van der Waals surface area (Å²) in [6, 6.07) is 7.72. The van der Waals surface area contributed by atoms with E-state index in [2.05, 4.69) is 5.32 Å².